The van der Waals surface area contributed by atoms with Crippen LogP contribution in [-0.4, -0.2) is 9.38 Å². The Labute approximate surface area is 176 Å². The van der Waals surface area contributed by atoms with Gasteiger partial charge >= 0.3 is 0 Å². The predicted molar refractivity (Wildman–Crippen MR) is 120 cm³/mol. The highest BCUT2D eigenvalue weighted by Crippen LogP contribution is 2.34. The zero-order valence-electron chi connectivity index (χ0n) is 15.3. The molecule has 0 fully saturated rings. The summed E-state index contributed by atoms with van der Waals surface area (Å²) in [6.07, 6.45) is 0. The maximum absolute atomic E-state index is 9.99. The second-order valence-electron chi connectivity index (χ2n) is 6.69. The second kappa shape index (κ2) is 7.08. The largest absolute Gasteiger partial charge is 0.341 e. The van der Waals surface area contributed by atoms with Crippen molar-refractivity contribution in [1.29, 1.82) is 5.26 Å². The Hall–Kier alpha value is -3.62. The minimum Gasteiger partial charge on any atom is -0.341 e. The molecule has 0 spiro atoms. The summed E-state index contributed by atoms with van der Waals surface area (Å²) >= 11 is 3.48. The van der Waals surface area contributed by atoms with Crippen molar-refractivity contribution in [3.63, 3.8) is 0 Å². The van der Waals surface area contributed by atoms with Crippen LogP contribution in [0.5, 0.6) is 0 Å². The van der Waals surface area contributed by atoms with E-state index in [0.717, 1.165) is 38.1 Å². The van der Waals surface area contributed by atoms with Crippen LogP contribution in [0.15, 0.2) is 89.4 Å². The topological polar surface area (TPSA) is 53.1 Å². The molecular formula is C24H15BrN4. The number of hydrogen-bond acceptors (Lipinski definition) is 3. The van der Waals surface area contributed by atoms with Gasteiger partial charge in [0.15, 0.2) is 5.65 Å². The summed E-state index contributed by atoms with van der Waals surface area (Å²) < 4.78 is 3.04. The van der Waals surface area contributed by atoms with Crippen molar-refractivity contribution >= 4 is 44.1 Å². The number of aromatic nitrogens is 2. The Morgan fingerprint density at radius 1 is 0.897 bits per heavy atom. The fourth-order valence-corrected chi connectivity index (χ4v) is 3.82. The number of rotatable bonds is 3. The molecule has 0 amide bonds. The number of hydrogen-bond donors (Lipinski definition) is 1. The molecule has 0 saturated carbocycles. The molecule has 5 heteroatoms. The van der Waals surface area contributed by atoms with E-state index in [1.165, 1.54) is 0 Å². The van der Waals surface area contributed by atoms with E-state index in [9.17, 15) is 5.26 Å². The minimum atomic E-state index is 0.564. The SMILES string of the molecule is N#Cc1c(-c2ccccc2)cc(Nc2ccc(Br)cc2)n2c1nc1ccccc12. The third-order valence-electron chi connectivity index (χ3n) is 4.89. The monoisotopic (exact) mass is 438 g/mol. The van der Waals surface area contributed by atoms with Gasteiger partial charge < -0.3 is 5.32 Å². The van der Waals surface area contributed by atoms with Gasteiger partial charge in [-0.2, -0.15) is 5.26 Å². The predicted octanol–water partition coefficient (Wildman–Crippen LogP) is 6.53. The normalized spacial score (nSPS) is 10.9. The van der Waals surface area contributed by atoms with Crippen LogP contribution < -0.4 is 5.32 Å². The second-order valence-corrected chi connectivity index (χ2v) is 7.60. The minimum absolute atomic E-state index is 0.564. The van der Waals surface area contributed by atoms with Crippen molar-refractivity contribution in [2.45, 2.75) is 0 Å². The fourth-order valence-electron chi connectivity index (χ4n) is 3.56. The molecule has 4 nitrogen and oxygen atoms in total. The number of nitrogens with one attached hydrogen (secondary N) is 1. The van der Waals surface area contributed by atoms with Crippen LogP contribution in [0.1, 0.15) is 5.56 Å². The van der Waals surface area contributed by atoms with Crippen LogP contribution in [0, 0.1) is 11.3 Å². The number of imidazole rings is 1. The number of anilines is 2. The van der Waals surface area contributed by atoms with Crippen molar-refractivity contribution in [1.82, 2.24) is 9.38 Å². The van der Waals surface area contributed by atoms with E-state index in [2.05, 4.69) is 27.3 Å². The molecule has 0 saturated heterocycles. The van der Waals surface area contributed by atoms with Crippen LogP contribution >= 0.6 is 15.9 Å². The Morgan fingerprint density at radius 2 is 1.62 bits per heavy atom. The molecule has 138 valence electrons. The smallest absolute Gasteiger partial charge is 0.158 e. The lowest BCUT2D eigenvalue weighted by Gasteiger charge is -2.14. The van der Waals surface area contributed by atoms with Crippen molar-refractivity contribution < 1.29 is 0 Å². The van der Waals surface area contributed by atoms with Crippen LogP contribution in [0.2, 0.25) is 0 Å². The molecule has 0 atom stereocenters. The molecule has 3 aromatic carbocycles. The number of pyridine rings is 1. The molecule has 2 heterocycles. The van der Waals surface area contributed by atoms with Crippen LogP contribution in [0.3, 0.4) is 0 Å². The number of nitrogens with zero attached hydrogens (tertiary/aromatic N) is 3. The van der Waals surface area contributed by atoms with Gasteiger partial charge in [-0.3, -0.25) is 4.40 Å². The average Bonchev–Trinajstić information content (AvgIpc) is 3.15. The fraction of sp³-hybridized carbons (Fsp3) is 0. The number of benzene rings is 3. The molecule has 0 unspecified atom stereocenters. The molecular weight excluding hydrogens is 424 g/mol. The maximum atomic E-state index is 9.99. The van der Waals surface area contributed by atoms with Gasteiger partial charge in [0.1, 0.15) is 17.5 Å². The van der Waals surface area contributed by atoms with Crippen molar-refractivity contribution in [2.75, 3.05) is 5.32 Å². The third kappa shape index (κ3) is 3.04. The van der Waals surface area contributed by atoms with Gasteiger partial charge in [0, 0.05) is 15.7 Å². The van der Waals surface area contributed by atoms with Gasteiger partial charge in [-0.05, 0) is 48.0 Å². The average molecular weight is 439 g/mol. The third-order valence-corrected chi connectivity index (χ3v) is 5.42. The molecule has 0 aliphatic carbocycles. The first-order valence-corrected chi connectivity index (χ1v) is 9.96. The lowest BCUT2D eigenvalue weighted by molar-refractivity contribution is 1.21. The Balaban J connectivity index is 1.84. The molecule has 1 N–H and O–H groups in total. The summed E-state index contributed by atoms with van der Waals surface area (Å²) in [5.41, 5.74) is 5.82. The van der Waals surface area contributed by atoms with Crippen molar-refractivity contribution in [3.05, 3.63) is 95.0 Å². The lowest BCUT2D eigenvalue weighted by Crippen LogP contribution is -2.02. The van der Waals surface area contributed by atoms with Crippen LogP contribution in [0.4, 0.5) is 11.5 Å². The molecule has 2 aromatic heterocycles. The molecule has 5 rings (SSSR count). The lowest BCUT2D eigenvalue weighted by atomic mass is 10.0. The Morgan fingerprint density at radius 3 is 2.38 bits per heavy atom. The summed E-state index contributed by atoms with van der Waals surface area (Å²) in [6, 6.07) is 30.3. The summed E-state index contributed by atoms with van der Waals surface area (Å²) in [6.45, 7) is 0. The van der Waals surface area contributed by atoms with E-state index in [0.29, 0.717) is 11.2 Å². The standard InChI is InChI=1S/C24H15BrN4/c25-17-10-12-18(13-11-17)27-23-14-19(16-6-2-1-3-7-16)20(15-26)24-28-21-8-4-5-9-22(21)29(23)24/h1-14,27H. The van der Waals surface area contributed by atoms with E-state index in [1.807, 2.05) is 89.3 Å². The van der Waals surface area contributed by atoms with E-state index < -0.39 is 0 Å². The molecule has 0 radical (unpaired) electrons. The first-order valence-electron chi connectivity index (χ1n) is 9.17. The zero-order valence-corrected chi connectivity index (χ0v) is 16.9. The highest BCUT2D eigenvalue weighted by molar-refractivity contribution is 9.10. The van der Waals surface area contributed by atoms with Crippen LogP contribution in [-0.2, 0) is 0 Å². The summed E-state index contributed by atoms with van der Waals surface area (Å²) in [4.78, 5) is 4.78. The number of para-hydroxylation sites is 2. The summed E-state index contributed by atoms with van der Waals surface area (Å²) in [5.74, 6) is 0.855. The molecule has 0 bridgehead atoms. The summed E-state index contributed by atoms with van der Waals surface area (Å²) in [7, 11) is 0. The van der Waals surface area contributed by atoms with Gasteiger partial charge in [0.05, 0.1) is 11.0 Å². The Kier molecular flexibility index (Phi) is 4.27. The van der Waals surface area contributed by atoms with E-state index >= 15 is 0 Å². The first-order chi connectivity index (χ1) is 14.2. The van der Waals surface area contributed by atoms with E-state index in [-0.39, 0.29) is 0 Å². The van der Waals surface area contributed by atoms with E-state index in [1.54, 1.807) is 0 Å². The maximum Gasteiger partial charge on any atom is 0.158 e. The van der Waals surface area contributed by atoms with Gasteiger partial charge in [0.2, 0.25) is 0 Å². The highest BCUT2D eigenvalue weighted by Gasteiger charge is 2.18. The Bertz CT molecular complexity index is 1380. The van der Waals surface area contributed by atoms with Crippen molar-refractivity contribution in [3.8, 4) is 17.2 Å². The quantitative estimate of drug-likeness (QED) is 0.348. The zero-order chi connectivity index (χ0) is 19.8. The van der Waals surface area contributed by atoms with Gasteiger partial charge in [-0.15, -0.1) is 0 Å². The molecule has 5 aromatic rings. The molecule has 0 aliphatic heterocycles. The van der Waals surface area contributed by atoms with Gasteiger partial charge in [0.25, 0.3) is 0 Å². The van der Waals surface area contributed by atoms with E-state index in [4.69, 9.17) is 4.98 Å². The van der Waals surface area contributed by atoms with Gasteiger partial charge in [-0.1, -0.05) is 58.4 Å². The first kappa shape index (κ1) is 17.5. The number of nitriles is 1. The summed E-state index contributed by atoms with van der Waals surface area (Å²) in [5, 5.41) is 13.5. The number of fused-ring (bicyclic) bond motifs is 3. The van der Waals surface area contributed by atoms with Crippen molar-refractivity contribution in [2.24, 2.45) is 0 Å². The van der Waals surface area contributed by atoms with Gasteiger partial charge in [-0.25, -0.2) is 4.98 Å². The molecule has 29 heavy (non-hydrogen) atoms. The number of halogens is 1. The van der Waals surface area contributed by atoms with Crippen LogP contribution in [0.25, 0.3) is 27.8 Å². The highest BCUT2D eigenvalue weighted by atomic mass is 79.9. The molecule has 0 aliphatic rings.